The normalized spacial score (nSPS) is 34.0. The number of hydrogen-bond donors (Lipinski definition) is 1. The van der Waals surface area contributed by atoms with Crippen molar-refractivity contribution >= 4 is 0 Å². The molecule has 106 valence electrons. The summed E-state index contributed by atoms with van der Waals surface area (Å²) in [6, 6.07) is 0. The first kappa shape index (κ1) is 14.3. The third-order valence-electron chi connectivity index (χ3n) is 4.58. The van der Waals surface area contributed by atoms with E-state index in [0.717, 1.165) is 25.7 Å². The number of ether oxygens (including phenoxy) is 1. The van der Waals surface area contributed by atoms with E-state index in [4.69, 9.17) is 4.74 Å². The second-order valence-electron chi connectivity index (χ2n) is 6.36. The molecule has 2 heterocycles. The fourth-order valence-corrected chi connectivity index (χ4v) is 3.78. The van der Waals surface area contributed by atoms with Gasteiger partial charge in [0.1, 0.15) is 0 Å². The molecule has 0 saturated carbocycles. The Labute approximate surface area is 112 Å². The number of nitrogens with one attached hydrogen (secondary N) is 1. The molecule has 2 aliphatic heterocycles. The Balaban J connectivity index is 1.85. The van der Waals surface area contributed by atoms with Crippen LogP contribution in [0.3, 0.4) is 0 Å². The van der Waals surface area contributed by atoms with Gasteiger partial charge < -0.3 is 15.0 Å². The van der Waals surface area contributed by atoms with Gasteiger partial charge in [0.05, 0.1) is 6.61 Å². The lowest BCUT2D eigenvalue weighted by atomic mass is 9.82. The standard InChI is InChI=1S/C15H30N2O/c1-3-5-14-6-8-17(10-14)12-15(11-16-2)7-4-9-18-13-15/h14,16H,3-13H2,1-2H3. The number of hydrogen-bond acceptors (Lipinski definition) is 3. The van der Waals surface area contributed by atoms with Gasteiger partial charge in [-0.05, 0) is 45.2 Å². The Hall–Kier alpha value is -0.120. The second-order valence-corrected chi connectivity index (χ2v) is 6.36. The smallest absolute Gasteiger partial charge is 0.0546 e. The van der Waals surface area contributed by atoms with E-state index in [1.54, 1.807) is 0 Å². The van der Waals surface area contributed by atoms with E-state index in [2.05, 4.69) is 24.2 Å². The molecule has 3 nitrogen and oxygen atoms in total. The van der Waals surface area contributed by atoms with Crippen molar-refractivity contribution in [2.45, 2.75) is 39.0 Å². The number of rotatable bonds is 6. The Morgan fingerprint density at radius 2 is 2.33 bits per heavy atom. The minimum absolute atomic E-state index is 0.369. The summed E-state index contributed by atoms with van der Waals surface area (Å²) in [7, 11) is 2.07. The van der Waals surface area contributed by atoms with Crippen LogP contribution in [0.1, 0.15) is 39.0 Å². The Kier molecular flexibility index (Phi) is 5.46. The van der Waals surface area contributed by atoms with Crippen molar-refractivity contribution in [1.82, 2.24) is 10.2 Å². The van der Waals surface area contributed by atoms with Gasteiger partial charge in [0.15, 0.2) is 0 Å². The average molecular weight is 254 g/mol. The number of likely N-dealkylation sites (tertiary alicyclic amines) is 1. The van der Waals surface area contributed by atoms with Gasteiger partial charge in [-0.15, -0.1) is 0 Å². The van der Waals surface area contributed by atoms with E-state index >= 15 is 0 Å². The SMILES string of the molecule is CCCC1CCN(CC2(CNC)CCCOC2)C1. The molecule has 2 atom stereocenters. The van der Waals surface area contributed by atoms with Crippen LogP contribution in [0, 0.1) is 11.3 Å². The zero-order valence-electron chi connectivity index (χ0n) is 12.2. The Morgan fingerprint density at radius 3 is 3.00 bits per heavy atom. The molecule has 0 aromatic carbocycles. The molecular weight excluding hydrogens is 224 g/mol. The molecule has 0 radical (unpaired) electrons. The van der Waals surface area contributed by atoms with Crippen LogP contribution in [0.4, 0.5) is 0 Å². The summed E-state index contributed by atoms with van der Waals surface area (Å²) in [5.74, 6) is 0.950. The van der Waals surface area contributed by atoms with Gasteiger partial charge in [-0.25, -0.2) is 0 Å². The van der Waals surface area contributed by atoms with Crippen LogP contribution in [0.2, 0.25) is 0 Å². The molecule has 0 aliphatic carbocycles. The van der Waals surface area contributed by atoms with E-state index in [-0.39, 0.29) is 0 Å². The number of nitrogens with zero attached hydrogens (tertiary/aromatic N) is 1. The molecule has 0 amide bonds. The maximum atomic E-state index is 5.76. The van der Waals surface area contributed by atoms with E-state index < -0.39 is 0 Å². The first-order valence-corrected chi connectivity index (χ1v) is 7.73. The molecule has 2 saturated heterocycles. The van der Waals surface area contributed by atoms with Gasteiger partial charge in [-0.2, -0.15) is 0 Å². The summed E-state index contributed by atoms with van der Waals surface area (Å²) in [6.07, 6.45) is 6.70. The van der Waals surface area contributed by atoms with Crippen molar-refractivity contribution in [2.24, 2.45) is 11.3 Å². The summed E-state index contributed by atoms with van der Waals surface area (Å²) in [4.78, 5) is 2.69. The minimum Gasteiger partial charge on any atom is -0.381 e. The van der Waals surface area contributed by atoms with Crippen LogP contribution in [0.5, 0.6) is 0 Å². The molecule has 0 bridgehead atoms. The van der Waals surface area contributed by atoms with E-state index in [0.29, 0.717) is 5.41 Å². The molecule has 2 unspecified atom stereocenters. The average Bonchev–Trinajstić information content (AvgIpc) is 2.78. The molecule has 2 rings (SSSR count). The van der Waals surface area contributed by atoms with Crippen LogP contribution in [-0.2, 0) is 4.74 Å². The second kappa shape index (κ2) is 6.88. The minimum atomic E-state index is 0.369. The highest BCUT2D eigenvalue weighted by Gasteiger charge is 2.36. The summed E-state index contributed by atoms with van der Waals surface area (Å²) >= 11 is 0. The van der Waals surface area contributed by atoms with Crippen LogP contribution >= 0.6 is 0 Å². The van der Waals surface area contributed by atoms with Crippen LogP contribution in [-0.4, -0.2) is 51.3 Å². The first-order chi connectivity index (χ1) is 8.78. The molecule has 0 spiro atoms. The van der Waals surface area contributed by atoms with E-state index in [1.807, 2.05) is 0 Å². The van der Waals surface area contributed by atoms with Crippen LogP contribution in [0.15, 0.2) is 0 Å². The third-order valence-corrected chi connectivity index (χ3v) is 4.58. The first-order valence-electron chi connectivity index (χ1n) is 7.73. The maximum Gasteiger partial charge on any atom is 0.0546 e. The Bertz CT molecular complexity index is 233. The lowest BCUT2D eigenvalue weighted by molar-refractivity contribution is -0.0226. The molecule has 3 heteroatoms. The van der Waals surface area contributed by atoms with E-state index in [1.165, 1.54) is 51.7 Å². The highest BCUT2D eigenvalue weighted by molar-refractivity contribution is 4.89. The largest absolute Gasteiger partial charge is 0.381 e. The highest BCUT2D eigenvalue weighted by Crippen LogP contribution is 2.31. The van der Waals surface area contributed by atoms with Crippen molar-refractivity contribution in [3.63, 3.8) is 0 Å². The van der Waals surface area contributed by atoms with Gasteiger partial charge >= 0.3 is 0 Å². The molecule has 2 fully saturated rings. The summed E-state index contributed by atoms with van der Waals surface area (Å²) < 4.78 is 5.76. The van der Waals surface area contributed by atoms with Gasteiger partial charge in [0.25, 0.3) is 0 Å². The lowest BCUT2D eigenvalue weighted by Gasteiger charge is -2.40. The predicted octanol–water partition coefficient (Wildman–Crippen LogP) is 2.12. The molecule has 1 N–H and O–H groups in total. The summed E-state index contributed by atoms with van der Waals surface area (Å²) in [5.41, 5.74) is 0.369. The zero-order valence-corrected chi connectivity index (χ0v) is 12.2. The van der Waals surface area contributed by atoms with Crippen molar-refractivity contribution in [3.8, 4) is 0 Å². The van der Waals surface area contributed by atoms with Gasteiger partial charge in [0, 0.05) is 31.7 Å². The van der Waals surface area contributed by atoms with Crippen LogP contribution < -0.4 is 5.32 Å². The topological polar surface area (TPSA) is 24.5 Å². The quantitative estimate of drug-likeness (QED) is 0.786. The fraction of sp³-hybridized carbons (Fsp3) is 1.00. The summed E-state index contributed by atoms with van der Waals surface area (Å²) in [5, 5.41) is 3.38. The molecular formula is C15H30N2O. The Morgan fingerprint density at radius 1 is 1.44 bits per heavy atom. The monoisotopic (exact) mass is 254 g/mol. The summed E-state index contributed by atoms with van der Waals surface area (Å²) in [6.45, 7) is 9.16. The van der Waals surface area contributed by atoms with E-state index in [9.17, 15) is 0 Å². The van der Waals surface area contributed by atoms with Crippen LogP contribution in [0.25, 0.3) is 0 Å². The van der Waals surface area contributed by atoms with Gasteiger partial charge in [-0.3, -0.25) is 0 Å². The maximum absolute atomic E-state index is 5.76. The van der Waals surface area contributed by atoms with Crippen molar-refractivity contribution in [3.05, 3.63) is 0 Å². The van der Waals surface area contributed by atoms with Crippen molar-refractivity contribution in [2.75, 3.05) is 46.4 Å². The molecule has 18 heavy (non-hydrogen) atoms. The zero-order chi connectivity index (χ0) is 12.8. The predicted molar refractivity (Wildman–Crippen MR) is 75.9 cm³/mol. The van der Waals surface area contributed by atoms with Gasteiger partial charge in [-0.1, -0.05) is 13.3 Å². The van der Waals surface area contributed by atoms with Crippen molar-refractivity contribution < 1.29 is 4.74 Å². The van der Waals surface area contributed by atoms with Gasteiger partial charge in [0.2, 0.25) is 0 Å². The third kappa shape index (κ3) is 3.69. The fourth-order valence-electron chi connectivity index (χ4n) is 3.78. The molecule has 2 aliphatic rings. The lowest BCUT2D eigenvalue weighted by Crippen LogP contribution is -2.48. The highest BCUT2D eigenvalue weighted by atomic mass is 16.5. The van der Waals surface area contributed by atoms with Crippen molar-refractivity contribution in [1.29, 1.82) is 0 Å². The molecule has 0 aromatic rings. The molecule has 0 aromatic heterocycles.